The number of aliphatic imine (C=N–C) groups is 1. The van der Waals surface area contributed by atoms with E-state index < -0.39 is 11.9 Å². The molecule has 5 nitrogen and oxygen atoms in total. The summed E-state index contributed by atoms with van der Waals surface area (Å²) < 4.78 is 37.8. The summed E-state index contributed by atoms with van der Waals surface area (Å²) in [6.45, 7) is 0.716. The van der Waals surface area contributed by atoms with E-state index in [1.54, 1.807) is 7.05 Å². The van der Waals surface area contributed by atoms with E-state index in [9.17, 15) is 13.2 Å². The van der Waals surface area contributed by atoms with E-state index in [1.165, 1.54) is 0 Å². The van der Waals surface area contributed by atoms with Gasteiger partial charge in [0, 0.05) is 24.0 Å². The van der Waals surface area contributed by atoms with E-state index in [1.807, 2.05) is 38.4 Å². The van der Waals surface area contributed by atoms with Crippen molar-refractivity contribution in [3.63, 3.8) is 0 Å². The highest BCUT2D eigenvalue weighted by atomic mass is 35.5. The van der Waals surface area contributed by atoms with Crippen LogP contribution in [0.2, 0.25) is 5.02 Å². The zero-order chi connectivity index (χ0) is 20.0. The lowest BCUT2D eigenvalue weighted by Crippen LogP contribution is -2.41. The Hall–Kier alpha value is -1.84. The van der Waals surface area contributed by atoms with Crippen LogP contribution in [0.15, 0.2) is 34.6 Å². The molecule has 1 unspecified atom stereocenters. The molecule has 2 rings (SSSR count). The van der Waals surface area contributed by atoms with Crippen LogP contribution >= 0.6 is 22.9 Å². The summed E-state index contributed by atoms with van der Waals surface area (Å²) in [6, 6.07) is 7.65. The Morgan fingerprint density at radius 2 is 1.93 bits per heavy atom. The molecule has 0 aliphatic carbocycles. The Labute approximate surface area is 165 Å². The van der Waals surface area contributed by atoms with E-state index >= 15 is 0 Å². The maximum atomic E-state index is 12.6. The van der Waals surface area contributed by atoms with Gasteiger partial charge in [-0.1, -0.05) is 23.7 Å². The third kappa shape index (κ3) is 6.37. The second-order valence-corrected chi connectivity index (χ2v) is 7.34. The zero-order valence-electron chi connectivity index (χ0n) is 15.1. The van der Waals surface area contributed by atoms with E-state index in [0.29, 0.717) is 22.5 Å². The number of guanidine groups is 1. The first kappa shape index (κ1) is 21.5. The molecule has 0 spiro atoms. The second kappa shape index (κ2) is 9.38. The molecule has 0 aliphatic rings. The van der Waals surface area contributed by atoms with Gasteiger partial charge in [0.2, 0.25) is 0 Å². The molecule has 1 heterocycles. The molecule has 0 radical (unpaired) electrons. The third-order valence-corrected chi connectivity index (χ3v) is 4.91. The third-order valence-electron chi connectivity index (χ3n) is 3.81. The minimum absolute atomic E-state index is 0.0671. The van der Waals surface area contributed by atoms with Crippen molar-refractivity contribution < 1.29 is 13.2 Å². The Morgan fingerprint density at radius 1 is 1.26 bits per heavy atom. The maximum Gasteiger partial charge on any atom is 0.434 e. The molecule has 1 aromatic carbocycles. The number of alkyl halides is 3. The Morgan fingerprint density at radius 3 is 2.44 bits per heavy atom. The molecule has 0 saturated heterocycles. The summed E-state index contributed by atoms with van der Waals surface area (Å²) in [4.78, 5) is 9.76. The van der Waals surface area contributed by atoms with Crippen molar-refractivity contribution in [2.75, 3.05) is 27.7 Å². The standard InChI is InChI=1S/C17H21ClF3N5S/c1-22-16(24-9-15-25-14(10-27-15)17(19,20)21)23-8-13(26(2)3)11-4-6-12(18)7-5-11/h4-7,10,13H,8-9H2,1-3H3,(H2,22,23,24). The van der Waals surface area contributed by atoms with E-state index in [0.717, 1.165) is 22.3 Å². The first-order valence-electron chi connectivity index (χ1n) is 8.08. The molecule has 10 heteroatoms. The molecular formula is C17H21ClF3N5S. The van der Waals surface area contributed by atoms with Crippen LogP contribution in [-0.2, 0) is 12.7 Å². The number of thiazole rings is 1. The quantitative estimate of drug-likeness (QED) is 0.552. The Kier molecular flexibility index (Phi) is 7.46. The lowest BCUT2D eigenvalue weighted by Gasteiger charge is -2.26. The van der Waals surface area contributed by atoms with Crippen LogP contribution in [0.3, 0.4) is 0 Å². The number of nitrogens with one attached hydrogen (secondary N) is 2. The SMILES string of the molecule is CN=C(NCc1nc(C(F)(F)F)cs1)NCC(c1ccc(Cl)cc1)N(C)C. The summed E-state index contributed by atoms with van der Waals surface area (Å²) in [7, 11) is 5.53. The van der Waals surface area contributed by atoms with Crippen molar-refractivity contribution in [2.24, 2.45) is 4.99 Å². The second-order valence-electron chi connectivity index (χ2n) is 5.96. The number of rotatable bonds is 6. The number of halogens is 4. The first-order valence-corrected chi connectivity index (χ1v) is 9.34. The van der Waals surface area contributed by atoms with Gasteiger partial charge in [0.05, 0.1) is 12.6 Å². The monoisotopic (exact) mass is 419 g/mol. The molecule has 2 N–H and O–H groups in total. The Balaban J connectivity index is 1.93. The van der Waals surface area contributed by atoms with Gasteiger partial charge < -0.3 is 15.5 Å². The van der Waals surface area contributed by atoms with Crippen molar-refractivity contribution >= 4 is 28.9 Å². The van der Waals surface area contributed by atoms with Gasteiger partial charge >= 0.3 is 6.18 Å². The largest absolute Gasteiger partial charge is 0.434 e. The first-order chi connectivity index (χ1) is 12.7. The van der Waals surface area contributed by atoms with Gasteiger partial charge in [-0.2, -0.15) is 13.2 Å². The predicted molar refractivity (Wildman–Crippen MR) is 103 cm³/mol. The number of benzene rings is 1. The van der Waals surface area contributed by atoms with Crippen LogP contribution < -0.4 is 10.6 Å². The minimum Gasteiger partial charge on any atom is -0.354 e. The molecule has 148 valence electrons. The van der Waals surface area contributed by atoms with Crippen LogP contribution in [0.1, 0.15) is 22.3 Å². The predicted octanol–water partition coefficient (Wildman–Crippen LogP) is 3.78. The summed E-state index contributed by atoms with van der Waals surface area (Å²) in [5.74, 6) is 0.486. The fraction of sp³-hybridized carbons (Fsp3) is 0.412. The van der Waals surface area contributed by atoms with Gasteiger partial charge in [-0.05, 0) is 31.8 Å². The van der Waals surface area contributed by atoms with Crippen molar-refractivity contribution in [1.29, 1.82) is 0 Å². The fourth-order valence-corrected chi connectivity index (χ4v) is 3.25. The molecule has 0 fully saturated rings. The molecule has 0 saturated carbocycles. The van der Waals surface area contributed by atoms with Crippen molar-refractivity contribution in [1.82, 2.24) is 20.5 Å². The average Bonchev–Trinajstić information content (AvgIpc) is 3.08. The van der Waals surface area contributed by atoms with Crippen LogP contribution in [0, 0.1) is 0 Å². The topological polar surface area (TPSA) is 52.6 Å². The summed E-state index contributed by atoms with van der Waals surface area (Å²) in [5, 5.41) is 8.19. The van der Waals surface area contributed by atoms with Crippen molar-refractivity contribution in [2.45, 2.75) is 18.8 Å². The van der Waals surface area contributed by atoms with Crippen LogP contribution in [0.5, 0.6) is 0 Å². The van der Waals surface area contributed by atoms with E-state index in [-0.39, 0.29) is 12.6 Å². The van der Waals surface area contributed by atoms with Gasteiger partial charge in [0.25, 0.3) is 0 Å². The number of hydrogen-bond donors (Lipinski definition) is 2. The van der Waals surface area contributed by atoms with Gasteiger partial charge in [-0.3, -0.25) is 4.99 Å². The lowest BCUT2D eigenvalue weighted by molar-refractivity contribution is -0.140. The number of likely N-dealkylation sites (N-methyl/N-ethyl adjacent to an activating group) is 1. The highest BCUT2D eigenvalue weighted by molar-refractivity contribution is 7.09. The Bertz CT molecular complexity index is 759. The molecule has 1 atom stereocenters. The van der Waals surface area contributed by atoms with E-state index in [4.69, 9.17) is 11.6 Å². The highest BCUT2D eigenvalue weighted by Crippen LogP contribution is 2.29. The lowest BCUT2D eigenvalue weighted by atomic mass is 10.1. The molecule has 2 aromatic rings. The molecule has 1 aromatic heterocycles. The average molecular weight is 420 g/mol. The fourth-order valence-electron chi connectivity index (χ4n) is 2.38. The van der Waals surface area contributed by atoms with Gasteiger partial charge in [0.1, 0.15) is 5.01 Å². The van der Waals surface area contributed by atoms with Crippen LogP contribution in [0.4, 0.5) is 13.2 Å². The molecule has 27 heavy (non-hydrogen) atoms. The van der Waals surface area contributed by atoms with E-state index in [2.05, 4.69) is 25.5 Å². The smallest absolute Gasteiger partial charge is 0.354 e. The van der Waals surface area contributed by atoms with Gasteiger partial charge in [-0.15, -0.1) is 11.3 Å². The molecule has 0 bridgehead atoms. The molecule has 0 aliphatic heterocycles. The molecule has 0 amide bonds. The van der Waals surface area contributed by atoms with Crippen molar-refractivity contribution in [3.05, 3.63) is 50.9 Å². The maximum absolute atomic E-state index is 12.6. The number of nitrogens with zero attached hydrogens (tertiary/aromatic N) is 3. The summed E-state index contributed by atoms with van der Waals surface area (Å²) in [6.07, 6.45) is -4.42. The van der Waals surface area contributed by atoms with Gasteiger partial charge in [0.15, 0.2) is 11.7 Å². The summed E-state index contributed by atoms with van der Waals surface area (Å²) >= 11 is 6.90. The van der Waals surface area contributed by atoms with Gasteiger partial charge in [-0.25, -0.2) is 4.98 Å². The zero-order valence-corrected chi connectivity index (χ0v) is 16.7. The van der Waals surface area contributed by atoms with Crippen molar-refractivity contribution in [3.8, 4) is 0 Å². The van der Waals surface area contributed by atoms with Crippen LogP contribution in [0.25, 0.3) is 0 Å². The minimum atomic E-state index is -4.42. The normalized spacial score (nSPS) is 13.7. The number of hydrogen-bond acceptors (Lipinski definition) is 4. The highest BCUT2D eigenvalue weighted by Gasteiger charge is 2.33. The van der Waals surface area contributed by atoms with Crippen LogP contribution in [-0.4, -0.2) is 43.5 Å². The summed E-state index contributed by atoms with van der Waals surface area (Å²) in [5.41, 5.74) is 0.213. The number of aromatic nitrogens is 1. The molecular weight excluding hydrogens is 399 g/mol.